The van der Waals surface area contributed by atoms with Crippen LogP contribution >= 0.6 is 0 Å². The third kappa shape index (κ3) is 6.90. The molecule has 50 heavy (non-hydrogen) atoms. The van der Waals surface area contributed by atoms with Gasteiger partial charge < -0.3 is 25.2 Å². The molecule has 3 N–H and O–H groups in total. The molecule has 2 saturated heterocycles. The highest BCUT2D eigenvalue weighted by molar-refractivity contribution is 7.91. The van der Waals surface area contributed by atoms with Crippen LogP contribution in [-0.2, 0) is 42.2 Å². The molecule has 7 rings (SSSR count). The van der Waals surface area contributed by atoms with Gasteiger partial charge in [0.25, 0.3) is 5.91 Å². The Morgan fingerprint density at radius 3 is 2.52 bits per heavy atom. The SMILES string of the molecule is O=C1N[C@]2(C(=O)NS(=O)(=O)C3CC3)C[C@H]2C=CCCCCC[C@H](NC(=O)N2CCC2)C(=O)N2C[C@H](OC(=O)N3Cc4cccc(F)c4C3)C[C@@H]12. The van der Waals surface area contributed by atoms with Gasteiger partial charge in [0.1, 0.15) is 29.5 Å². The lowest BCUT2D eigenvalue weighted by Crippen LogP contribution is -2.59. The molecule has 16 heteroatoms. The van der Waals surface area contributed by atoms with Crippen LogP contribution in [0.2, 0.25) is 0 Å². The number of amides is 6. The number of fused-ring (bicyclic) bond motifs is 3. The van der Waals surface area contributed by atoms with E-state index in [0.29, 0.717) is 56.3 Å². The number of nitrogens with one attached hydrogen (secondary N) is 3. The molecule has 0 unspecified atom stereocenters. The highest BCUT2D eigenvalue weighted by Crippen LogP contribution is 2.46. The summed E-state index contributed by atoms with van der Waals surface area (Å²) in [5.74, 6) is -2.90. The van der Waals surface area contributed by atoms with Crippen molar-refractivity contribution in [3.8, 4) is 0 Å². The van der Waals surface area contributed by atoms with E-state index in [2.05, 4.69) is 15.4 Å². The number of allylic oxidation sites excluding steroid dienone is 1. The van der Waals surface area contributed by atoms with Crippen molar-refractivity contribution in [2.45, 2.75) is 106 Å². The molecule has 270 valence electrons. The Morgan fingerprint density at radius 2 is 1.80 bits per heavy atom. The van der Waals surface area contributed by atoms with Gasteiger partial charge in [0.2, 0.25) is 21.8 Å². The number of ether oxygens (including phenoxy) is 1. The molecule has 1 aromatic rings. The molecule has 2 aliphatic carbocycles. The summed E-state index contributed by atoms with van der Waals surface area (Å²) in [6.07, 6.45) is 7.20. The molecule has 4 heterocycles. The van der Waals surface area contributed by atoms with E-state index in [1.54, 1.807) is 17.0 Å². The van der Waals surface area contributed by atoms with Crippen LogP contribution in [0.5, 0.6) is 0 Å². The maximum absolute atomic E-state index is 14.4. The number of sulfonamides is 1. The molecule has 0 bridgehead atoms. The summed E-state index contributed by atoms with van der Waals surface area (Å²) in [6, 6.07) is 2.13. The Morgan fingerprint density at radius 1 is 1.00 bits per heavy atom. The van der Waals surface area contributed by atoms with Gasteiger partial charge in [-0.3, -0.25) is 24.0 Å². The largest absolute Gasteiger partial charge is 0.444 e. The number of nitrogens with zero attached hydrogens (tertiary/aromatic N) is 3. The molecule has 6 amide bonds. The highest BCUT2D eigenvalue weighted by Gasteiger charge is 2.62. The molecule has 1 aromatic carbocycles. The average Bonchev–Trinajstić information content (AvgIpc) is 3.93. The Kier molecular flexibility index (Phi) is 9.24. The van der Waals surface area contributed by atoms with Crippen molar-refractivity contribution in [1.29, 1.82) is 0 Å². The van der Waals surface area contributed by atoms with Gasteiger partial charge in [0, 0.05) is 37.5 Å². The Bertz CT molecular complexity index is 1710. The predicted octanol–water partition coefficient (Wildman–Crippen LogP) is 2.03. The van der Waals surface area contributed by atoms with Crippen LogP contribution in [0.25, 0.3) is 0 Å². The summed E-state index contributed by atoms with van der Waals surface area (Å²) in [5.41, 5.74) is -0.466. The zero-order valence-electron chi connectivity index (χ0n) is 27.8. The van der Waals surface area contributed by atoms with Gasteiger partial charge in [-0.2, -0.15) is 0 Å². The summed E-state index contributed by atoms with van der Waals surface area (Å²) in [7, 11) is -3.90. The van der Waals surface area contributed by atoms with Crippen molar-refractivity contribution in [2.24, 2.45) is 5.92 Å². The third-order valence-corrected chi connectivity index (χ3v) is 12.6. The zero-order valence-corrected chi connectivity index (χ0v) is 28.6. The molecule has 5 atom stereocenters. The fourth-order valence-corrected chi connectivity index (χ4v) is 8.70. The van der Waals surface area contributed by atoms with E-state index in [1.807, 2.05) is 12.2 Å². The van der Waals surface area contributed by atoms with Crippen LogP contribution in [0.3, 0.4) is 0 Å². The molecule has 0 aromatic heterocycles. The first kappa shape index (κ1) is 34.2. The molecule has 2 saturated carbocycles. The van der Waals surface area contributed by atoms with Crippen LogP contribution in [0.15, 0.2) is 30.4 Å². The fourth-order valence-electron chi connectivity index (χ4n) is 7.33. The van der Waals surface area contributed by atoms with Crippen molar-refractivity contribution in [3.05, 3.63) is 47.3 Å². The average molecular weight is 715 g/mol. The van der Waals surface area contributed by atoms with Crippen molar-refractivity contribution in [1.82, 2.24) is 30.1 Å². The monoisotopic (exact) mass is 714 g/mol. The zero-order chi connectivity index (χ0) is 35.2. The quantitative estimate of drug-likeness (QED) is 0.389. The molecular weight excluding hydrogens is 671 g/mol. The summed E-state index contributed by atoms with van der Waals surface area (Å²) >= 11 is 0. The first-order valence-electron chi connectivity index (χ1n) is 17.6. The lowest BCUT2D eigenvalue weighted by Gasteiger charge is -2.34. The smallest absolute Gasteiger partial charge is 0.410 e. The van der Waals surface area contributed by atoms with E-state index in [-0.39, 0.29) is 38.5 Å². The van der Waals surface area contributed by atoms with Crippen molar-refractivity contribution >= 4 is 39.9 Å². The normalized spacial score (nSPS) is 29.7. The predicted molar refractivity (Wildman–Crippen MR) is 176 cm³/mol. The summed E-state index contributed by atoms with van der Waals surface area (Å²) < 4.78 is 47.8. The number of benzene rings is 1. The molecule has 6 aliphatic rings. The number of hydrogen-bond donors (Lipinski definition) is 3. The van der Waals surface area contributed by atoms with Gasteiger partial charge in [-0.05, 0) is 56.6 Å². The molecular formula is C34H43FN6O8S. The Balaban J connectivity index is 1.13. The van der Waals surface area contributed by atoms with Gasteiger partial charge in [0.15, 0.2) is 0 Å². The number of halogens is 1. The third-order valence-electron chi connectivity index (χ3n) is 10.7. The number of rotatable bonds is 5. The van der Waals surface area contributed by atoms with E-state index < -0.39 is 74.5 Å². The van der Waals surface area contributed by atoms with Crippen molar-refractivity contribution in [2.75, 3.05) is 19.6 Å². The van der Waals surface area contributed by atoms with E-state index in [0.717, 1.165) is 19.3 Å². The van der Waals surface area contributed by atoms with Crippen LogP contribution in [-0.4, -0.2) is 102 Å². The summed E-state index contributed by atoms with van der Waals surface area (Å²) in [4.78, 5) is 72.6. The molecule has 14 nitrogen and oxygen atoms in total. The Labute approximate surface area is 290 Å². The van der Waals surface area contributed by atoms with Gasteiger partial charge in [-0.1, -0.05) is 37.1 Å². The van der Waals surface area contributed by atoms with Crippen LogP contribution in [0.4, 0.5) is 14.0 Å². The van der Waals surface area contributed by atoms with Gasteiger partial charge in [0.05, 0.1) is 18.3 Å². The minimum absolute atomic E-state index is 0.0149. The highest BCUT2D eigenvalue weighted by atomic mass is 32.2. The number of carbonyl (C=O) groups excluding carboxylic acids is 5. The second-order valence-electron chi connectivity index (χ2n) is 14.3. The molecule has 0 spiro atoms. The van der Waals surface area contributed by atoms with Gasteiger partial charge in [-0.25, -0.2) is 22.4 Å². The van der Waals surface area contributed by atoms with Crippen molar-refractivity contribution < 1.29 is 41.5 Å². The number of carbonyl (C=O) groups is 5. The van der Waals surface area contributed by atoms with Crippen LogP contribution in [0, 0.1) is 11.7 Å². The number of hydrogen-bond acceptors (Lipinski definition) is 8. The molecule has 4 aliphatic heterocycles. The van der Waals surface area contributed by atoms with Crippen LogP contribution in [0.1, 0.15) is 75.3 Å². The van der Waals surface area contributed by atoms with Gasteiger partial charge in [-0.15, -0.1) is 0 Å². The summed E-state index contributed by atoms with van der Waals surface area (Å²) in [6.45, 7) is 1.18. The standard InChI is InChI=1S/C34H43FN6O8S/c35-26-10-6-8-21-18-40(20-25(21)26)33(46)49-23-16-28-29(42)37-34(31(44)38-50(47,48)24-12-13-24)17-22(34)9-4-2-1-3-5-11-27(30(43)41(28)19-23)36-32(45)39-14-7-15-39/h4,6,8-10,22-24,27-28H,1-3,5,7,11-20H2,(H,36,45)(H,37,42)(H,38,44)/t22-,23-,27+,28+,34-/m1/s1. The van der Waals surface area contributed by atoms with Gasteiger partial charge >= 0.3 is 12.1 Å². The van der Waals surface area contributed by atoms with E-state index in [9.17, 15) is 36.8 Å². The first-order chi connectivity index (χ1) is 23.9. The fraction of sp³-hybridized carbons (Fsp3) is 0.618. The van der Waals surface area contributed by atoms with E-state index in [1.165, 1.54) is 15.9 Å². The maximum atomic E-state index is 14.4. The lowest BCUT2D eigenvalue weighted by molar-refractivity contribution is -0.141. The topological polar surface area (TPSA) is 175 Å². The maximum Gasteiger partial charge on any atom is 0.410 e. The van der Waals surface area contributed by atoms with Crippen molar-refractivity contribution in [3.63, 3.8) is 0 Å². The molecule has 4 fully saturated rings. The lowest BCUT2D eigenvalue weighted by atomic mass is 10.0. The number of urea groups is 1. The minimum atomic E-state index is -3.90. The van der Waals surface area contributed by atoms with E-state index >= 15 is 0 Å². The number of likely N-dealkylation sites (tertiary alicyclic amines) is 1. The summed E-state index contributed by atoms with van der Waals surface area (Å²) in [5, 5.41) is 5.02. The second-order valence-corrected chi connectivity index (χ2v) is 16.3. The Hall–Kier alpha value is -4.21. The minimum Gasteiger partial charge on any atom is -0.444 e. The van der Waals surface area contributed by atoms with Crippen LogP contribution < -0.4 is 15.4 Å². The first-order valence-corrected chi connectivity index (χ1v) is 19.1. The second kappa shape index (κ2) is 13.5. The molecule has 0 radical (unpaired) electrons. The van der Waals surface area contributed by atoms with E-state index in [4.69, 9.17) is 4.74 Å².